The fourth-order valence-corrected chi connectivity index (χ4v) is 2.16. The van der Waals surface area contributed by atoms with Gasteiger partial charge in [0, 0.05) is 19.6 Å². The van der Waals surface area contributed by atoms with Gasteiger partial charge in [0.2, 0.25) is 0 Å². The van der Waals surface area contributed by atoms with Gasteiger partial charge in [0.1, 0.15) is 5.71 Å². The van der Waals surface area contributed by atoms with Crippen molar-refractivity contribution < 1.29 is 15.0 Å². The lowest BCUT2D eigenvalue weighted by Crippen LogP contribution is -2.52. The van der Waals surface area contributed by atoms with Crippen molar-refractivity contribution in [3.8, 4) is 0 Å². The van der Waals surface area contributed by atoms with Crippen LogP contribution in [0.5, 0.6) is 0 Å². The molecule has 1 unspecified atom stereocenters. The maximum Gasteiger partial charge on any atom is 0.349 e. The van der Waals surface area contributed by atoms with Crippen LogP contribution < -0.4 is 0 Å². The number of aliphatic carboxylic acids is 1. The third kappa shape index (κ3) is 4.83. The van der Waals surface area contributed by atoms with Crippen LogP contribution in [0.4, 0.5) is 0 Å². The molecule has 0 radical (unpaired) electrons. The van der Waals surface area contributed by atoms with Crippen molar-refractivity contribution in [1.29, 1.82) is 5.41 Å². The van der Waals surface area contributed by atoms with Crippen molar-refractivity contribution in [2.24, 2.45) is 5.92 Å². The van der Waals surface area contributed by atoms with E-state index in [1.54, 1.807) is 0 Å². The Morgan fingerprint density at radius 2 is 2.18 bits per heavy atom. The van der Waals surface area contributed by atoms with Gasteiger partial charge >= 0.3 is 5.97 Å². The third-order valence-electron chi connectivity index (χ3n) is 3.33. The Morgan fingerprint density at radius 3 is 2.65 bits per heavy atom. The molecule has 1 fully saturated rings. The maximum absolute atomic E-state index is 10.5. The number of carboxylic acid groups (broad SMARTS) is 1. The molecule has 0 amide bonds. The molecule has 0 aromatic rings. The number of nitrogens with zero attached hydrogens (tertiary/aromatic N) is 1. The molecule has 0 saturated carbocycles. The minimum absolute atomic E-state index is 0.160. The maximum atomic E-state index is 10.5. The normalized spacial score (nSPS) is 18.7. The molecule has 5 heteroatoms. The van der Waals surface area contributed by atoms with E-state index in [0.29, 0.717) is 12.3 Å². The molecule has 1 aliphatic heterocycles. The molecular weight excluding hydrogens is 220 g/mol. The Balaban J connectivity index is 2.14. The number of likely N-dealkylation sites (tertiary alicyclic amines) is 1. The summed E-state index contributed by atoms with van der Waals surface area (Å²) in [4.78, 5) is 12.7. The predicted molar refractivity (Wildman–Crippen MR) is 65.4 cm³/mol. The van der Waals surface area contributed by atoms with Crippen LogP contribution in [0.2, 0.25) is 0 Å². The number of hydrogen-bond acceptors (Lipinski definition) is 4. The van der Waals surface area contributed by atoms with Crippen molar-refractivity contribution in [3.05, 3.63) is 0 Å². The van der Waals surface area contributed by atoms with Crippen molar-refractivity contribution in [1.82, 2.24) is 4.90 Å². The second kappa shape index (κ2) is 6.71. The smallest absolute Gasteiger partial charge is 0.349 e. The first-order chi connectivity index (χ1) is 8.02. The van der Waals surface area contributed by atoms with Gasteiger partial charge in [0.25, 0.3) is 0 Å². The molecule has 0 spiro atoms. The van der Waals surface area contributed by atoms with Crippen LogP contribution in [-0.2, 0) is 4.79 Å². The lowest BCUT2D eigenvalue weighted by molar-refractivity contribution is -0.129. The standard InChI is InChI=1S/C12H22N2O3/c1-2-9(6-14-7-10(15)8-14)4-3-5-11(13)12(16)17/h9-10,13,15H,2-8H2,1H3,(H,16,17). The van der Waals surface area contributed by atoms with E-state index < -0.39 is 5.97 Å². The molecule has 1 saturated heterocycles. The van der Waals surface area contributed by atoms with E-state index in [9.17, 15) is 9.90 Å². The predicted octanol–water partition coefficient (Wildman–Crippen LogP) is 0.964. The summed E-state index contributed by atoms with van der Waals surface area (Å²) in [7, 11) is 0. The van der Waals surface area contributed by atoms with E-state index in [4.69, 9.17) is 10.5 Å². The van der Waals surface area contributed by atoms with Gasteiger partial charge in [-0.15, -0.1) is 0 Å². The number of carboxylic acids is 1. The molecule has 0 aromatic carbocycles. The summed E-state index contributed by atoms with van der Waals surface area (Å²) in [6.45, 7) is 4.64. The van der Waals surface area contributed by atoms with Gasteiger partial charge in [0.15, 0.2) is 0 Å². The Morgan fingerprint density at radius 1 is 1.53 bits per heavy atom. The van der Waals surface area contributed by atoms with Gasteiger partial charge in [-0.05, 0) is 25.2 Å². The minimum atomic E-state index is -1.11. The highest BCUT2D eigenvalue weighted by atomic mass is 16.4. The Bertz CT molecular complexity index is 275. The summed E-state index contributed by atoms with van der Waals surface area (Å²) >= 11 is 0. The zero-order chi connectivity index (χ0) is 12.8. The number of aliphatic hydroxyl groups is 1. The summed E-state index contributed by atoms with van der Waals surface area (Å²) in [5.74, 6) is -0.562. The molecule has 1 heterocycles. The second-order valence-electron chi connectivity index (χ2n) is 4.82. The Kier molecular flexibility index (Phi) is 5.58. The number of rotatable bonds is 8. The SMILES string of the molecule is CCC(CCCC(=N)C(=O)O)CN1CC(O)C1. The first-order valence-electron chi connectivity index (χ1n) is 6.24. The van der Waals surface area contributed by atoms with Crippen LogP contribution in [-0.4, -0.2) is 52.5 Å². The largest absolute Gasteiger partial charge is 0.477 e. The topological polar surface area (TPSA) is 84.6 Å². The molecule has 1 rings (SSSR count). The van der Waals surface area contributed by atoms with Crippen molar-refractivity contribution in [2.75, 3.05) is 19.6 Å². The summed E-state index contributed by atoms with van der Waals surface area (Å²) in [5.41, 5.74) is -0.195. The first-order valence-corrected chi connectivity index (χ1v) is 6.24. The van der Waals surface area contributed by atoms with Gasteiger partial charge in [0.05, 0.1) is 6.10 Å². The fourth-order valence-electron chi connectivity index (χ4n) is 2.16. The zero-order valence-electron chi connectivity index (χ0n) is 10.4. The zero-order valence-corrected chi connectivity index (χ0v) is 10.4. The van der Waals surface area contributed by atoms with Crippen LogP contribution in [0.1, 0.15) is 32.6 Å². The number of aliphatic hydroxyl groups excluding tert-OH is 1. The molecule has 1 aliphatic rings. The third-order valence-corrected chi connectivity index (χ3v) is 3.33. The summed E-state index contributed by atoms with van der Waals surface area (Å²) in [6.07, 6.45) is 2.98. The molecular formula is C12H22N2O3. The highest BCUT2D eigenvalue weighted by Gasteiger charge is 2.25. The van der Waals surface area contributed by atoms with E-state index >= 15 is 0 Å². The Labute approximate surface area is 102 Å². The molecule has 17 heavy (non-hydrogen) atoms. The van der Waals surface area contributed by atoms with Gasteiger partial charge < -0.3 is 10.2 Å². The Hall–Kier alpha value is -0.940. The van der Waals surface area contributed by atoms with Crippen LogP contribution in [0, 0.1) is 11.3 Å². The lowest BCUT2D eigenvalue weighted by Gasteiger charge is -2.38. The van der Waals surface area contributed by atoms with Gasteiger partial charge in [-0.25, -0.2) is 4.79 Å². The average molecular weight is 242 g/mol. The van der Waals surface area contributed by atoms with Gasteiger partial charge in [-0.1, -0.05) is 13.3 Å². The summed E-state index contributed by atoms with van der Waals surface area (Å²) < 4.78 is 0. The fraction of sp³-hybridized carbons (Fsp3) is 0.833. The highest BCUT2D eigenvalue weighted by Crippen LogP contribution is 2.18. The average Bonchev–Trinajstić information content (AvgIpc) is 2.24. The molecule has 3 N–H and O–H groups in total. The monoisotopic (exact) mass is 242 g/mol. The molecule has 98 valence electrons. The van der Waals surface area contributed by atoms with Gasteiger partial charge in [-0.2, -0.15) is 0 Å². The quantitative estimate of drug-likeness (QED) is 0.554. The molecule has 0 aromatic heterocycles. The summed E-state index contributed by atoms with van der Waals surface area (Å²) in [6, 6.07) is 0. The second-order valence-corrected chi connectivity index (χ2v) is 4.82. The first kappa shape index (κ1) is 14.1. The van der Waals surface area contributed by atoms with Crippen LogP contribution in [0.25, 0.3) is 0 Å². The van der Waals surface area contributed by atoms with Crippen LogP contribution in [0.3, 0.4) is 0 Å². The number of β-amino-alcohol motifs (C(OH)–C–C–N with tert-alkyl or cyclic N) is 1. The van der Waals surface area contributed by atoms with E-state index in [0.717, 1.165) is 38.9 Å². The highest BCUT2D eigenvalue weighted by molar-refractivity contribution is 6.34. The van der Waals surface area contributed by atoms with Crippen LogP contribution >= 0.6 is 0 Å². The molecule has 5 nitrogen and oxygen atoms in total. The van der Waals surface area contributed by atoms with E-state index in [2.05, 4.69) is 11.8 Å². The molecule has 0 bridgehead atoms. The van der Waals surface area contributed by atoms with E-state index in [1.807, 2.05) is 0 Å². The van der Waals surface area contributed by atoms with Crippen molar-refractivity contribution in [3.63, 3.8) is 0 Å². The molecule has 1 atom stereocenters. The molecule has 0 aliphatic carbocycles. The summed E-state index contributed by atoms with van der Waals surface area (Å²) in [5, 5.41) is 25.0. The van der Waals surface area contributed by atoms with Gasteiger partial charge in [-0.3, -0.25) is 10.3 Å². The van der Waals surface area contributed by atoms with E-state index in [1.165, 1.54) is 0 Å². The number of carbonyl (C=O) groups is 1. The van der Waals surface area contributed by atoms with Crippen molar-refractivity contribution >= 4 is 11.7 Å². The minimum Gasteiger partial charge on any atom is -0.477 e. The van der Waals surface area contributed by atoms with Crippen molar-refractivity contribution in [2.45, 2.75) is 38.7 Å². The lowest BCUT2D eigenvalue weighted by atomic mass is 9.96. The van der Waals surface area contributed by atoms with Crippen LogP contribution in [0.15, 0.2) is 0 Å². The van der Waals surface area contributed by atoms with E-state index in [-0.39, 0.29) is 11.8 Å². The number of nitrogens with one attached hydrogen (secondary N) is 1. The number of hydrogen-bond donors (Lipinski definition) is 3.